The second-order valence-electron chi connectivity index (χ2n) is 4.75. The van der Waals surface area contributed by atoms with E-state index in [2.05, 4.69) is 27.5 Å². The monoisotopic (exact) mass is 273 g/mol. The molecule has 20 heavy (non-hydrogen) atoms. The first-order valence-electron chi connectivity index (χ1n) is 6.79. The average Bonchev–Trinajstić information content (AvgIpc) is 2.53. The molecule has 0 spiro atoms. The molecule has 2 rings (SSSR count). The van der Waals surface area contributed by atoms with Crippen LogP contribution in [0.2, 0.25) is 0 Å². The van der Waals surface area contributed by atoms with Gasteiger partial charge in [0.1, 0.15) is 6.07 Å². The van der Waals surface area contributed by atoms with Crippen LogP contribution in [0, 0.1) is 11.3 Å². The van der Waals surface area contributed by atoms with Crippen LogP contribution in [-0.4, -0.2) is 50.7 Å². The molecule has 0 atom stereocenters. The Morgan fingerprint density at radius 2 is 2.05 bits per heavy atom. The quantitative estimate of drug-likeness (QED) is 0.781. The Morgan fingerprint density at radius 1 is 1.35 bits per heavy atom. The number of ether oxygens (including phenoxy) is 1. The summed E-state index contributed by atoms with van der Waals surface area (Å²) in [6, 6.07) is 7.40. The molecular formula is C15H19N3O2. The van der Waals surface area contributed by atoms with Crippen molar-refractivity contribution in [1.82, 2.24) is 4.90 Å². The zero-order valence-electron chi connectivity index (χ0n) is 11.9. The summed E-state index contributed by atoms with van der Waals surface area (Å²) in [6.07, 6.45) is 0. The Morgan fingerprint density at radius 3 is 2.60 bits per heavy atom. The zero-order valence-corrected chi connectivity index (χ0v) is 11.9. The molecule has 0 unspecified atom stereocenters. The van der Waals surface area contributed by atoms with Crippen molar-refractivity contribution < 1.29 is 9.53 Å². The fraction of sp³-hybridized carbons (Fsp3) is 0.467. The number of esters is 1. The molecule has 1 aromatic carbocycles. The van der Waals surface area contributed by atoms with Crippen LogP contribution in [-0.2, 0) is 4.74 Å². The van der Waals surface area contributed by atoms with E-state index < -0.39 is 5.97 Å². The summed E-state index contributed by atoms with van der Waals surface area (Å²) >= 11 is 0. The molecule has 1 aliphatic heterocycles. The molecule has 0 N–H and O–H groups in total. The lowest BCUT2D eigenvalue weighted by atomic mass is 10.1. The lowest BCUT2D eigenvalue weighted by Crippen LogP contribution is -2.46. The number of benzene rings is 1. The third-order valence-electron chi connectivity index (χ3n) is 3.71. The smallest absolute Gasteiger partial charge is 0.339 e. The molecule has 1 fully saturated rings. The van der Waals surface area contributed by atoms with E-state index in [1.807, 2.05) is 6.07 Å². The van der Waals surface area contributed by atoms with Crippen LogP contribution in [0.5, 0.6) is 0 Å². The van der Waals surface area contributed by atoms with Gasteiger partial charge in [-0.05, 0) is 24.7 Å². The third-order valence-corrected chi connectivity index (χ3v) is 3.71. The molecule has 5 heteroatoms. The van der Waals surface area contributed by atoms with Crippen molar-refractivity contribution in [1.29, 1.82) is 5.26 Å². The maximum atomic E-state index is 11.6. The van der Waals surface area contributed by atoms with Crippen molar-refractivity contribution in [3.63, 3.8) is 0 Å². The number of piperazine rings is 1. The Bertz CT molecular complexity index is 528. The number of hydrogen-bond acceptors (Lipinski definition) is 5. The van der Waals surface area contributed by atoms with Gasteiger partial charge in [-0.2, -0.15) is 5.26 Å². The SMILES string of the molecule is CCN1CCN(c2ccc(C(=O)OC)c(C#N)c2)CC1. The average molecular weight is 273 g/mol. The summed E-state index contributed by atoms with van der Waals surface area (Å²) in [7, 11) is 1.32. The van der Waals surface area contributed by atoms with Gasteiger partial charge in [-0.1, -0.05) is 6.92 Å². The van der Waals surface area contributed by atoms with Crippen LogP contribution in [0.15, 0.2) is 18.2 Å². The Hall–Kier alpha value is -2.06. The minimum Gasteiger partial charge on any atom is -0.465 e. The third kappa shape index (κ3) is 2.91. The highest BCUT2D eigenvalue weighted by Gasteiger charge is 2.18. The molecule has 1 aromatic rings. The number of nitriles is 1. The van der Waals surface area contributed by atoms with Gasteiger partial charge < -0.3 is 14.5 Å². The van der Waals surface area contributed by atoms with E-state index in [0.717, 1.165) is 38.4 Å². The van der Waals surface area contributed by atoms with E-state index >= 15 is 0 Å². The first-order chi connectivity index (χ1) is 9.69. The fourth-order valence-electron chi connectivity index (χ4n) is 2.43. The minimum absolute atomic E-state index is 0.325. The molecule has 1 heterocycles. The zero-order chi connectivity index (χ0) is 14.5. The second kappa shape index (κ2) is 6.40. The lowest BCUT2D eigenvalue weighted by Gasteiger charge is -2.35. The summed E-state index contributed by atoms with van der Waals surface area (Å²) in [5.41, 5.74) is 1.68. The molecule has 106 valence electrons. The van der Waals surface area contributed by atoms with Gasteiger partial charge >= 0.3 is 5.97 Å². The van der Waals surface area contributed by atoms with Crippen molar-refractivity contribution in [2.75, 3.05) is 44.7 Å². The largest absolute Gasteiger partial charge is 0.465 e. The number of nitrogens with zero attached hydrogens (tertiary/aromatic N) is 3. The number of methoxy groups -OCH3 is 1. The Labute approximate surface area is 119 Å². The molecule has 0 bridgehead atoms. The van der Waals surface area contributed by atoms with Gasteiger partial charge in [0.05, 0.1) is 18.2 Å². The molecule has 5 nitrogen and oxygen atoms in total. The summed E-state index contributed by atoms with van der Waals surface area (Å²) in [5.74, 6) is -0.469. The van der Waals surface area contributed by atoms with Crippen LogP contribution in [0.1, 0.15) is 22.8 Å². The molecule has 0 aromatic heterocycles. The van der Waals surface area contributed by atoms with E-state index in [1.54, 1.807) is 12.1 Å². The van der Waals surface area contributed by atoms with Gasteiger partial charge in [0.2, 0.25) is 0 Å². The first-order valence-corrected chi connectivity index (χ1v) is 6.79. The molecule has 0 aliphatic carbocycles. The predicted octanol–water partition coefficient (Wildman–Crippen LogP) is 1.49. The van der Waals surface area contributed by atoms with Crippen molar-refractivity contribution in [2.45, 2.75) is 6.92 Å². The molecule has 0 amide bonds. The molecule has 0 radical (unpaired) electrons. The van der Waals surface area contributed by atoms with Crippen molar-refractivity contribution >= 4 is 11.7 Å². The molecule has 0 saturated carbocycles. The van der Waals surface area contributed by atoms with Crippen molar-refractivity contribution in [3.8, 4) is 6.07 Å². The molecule has 1 saturated heterocycles. The van der Waals surface area contributed by atoms with Crippen LogP contribution in [0.25, 0.3) is 0 Å². The summed E-state index contributed by atoms with van der Waals surface area (Å²) in [6.45, 7) is 7.16. The van der Waals surface area contributed by atoms with Crippen molar-refractivity contribution in [2.24, 2.45) is 0 Å². The van der Waals surface area contributed by atoms with E-state index in [0.29, 0.717) is 11.1 Å². The topological polar surface area (TPSA) is 56.6 Å². The number of hydrogen-bond donors (Lipinski definition) is 0. The fourth-order valence-corrected chi connectivity index (χ4v) is 2.43. The number of rotatable bonds is 3. The summed E-state index contributed by atoms with van der Waals surface area (Å²) in [4.78, 5) is 16.2. The highest BCUT2D eigenvalue weighted by Crippen LogP contribution is 2.21. The van der Waals surface area contributed by atoms with Gasteiger partial charge in [-0.25, -0.2) is 4.79 Å². The summed E-state index contributed by atoms with van der Waals surface area (Å²) < 4.78 is 4.68. The highest BCUT2D eigenvalue weighted by atomic mass is 16.5. The van der Waals surface area contributed by atoms with E-state index in [1.165, 1.54) is 7.11 Å². The maximum absolute atomic E-state index is 11.6. The van der Waals surface area contributed by atoms with Crippen LogP contribution in [0.3, 0.4) is 0 Å². The van der Waals surface area contributed by atoms with Crippen molar-refractivity contribution in [3.05, 3.63) is 29.3 Å². The Kier molecular flexibility index (Phi) is 4.59. The number of carbonyl (C=O) groups excluding carboxylic acids is 1. The van der Waals surface area contributed by atoms with E-state index in [-0.39, 0.29) is 0 Å². The standard InChI is InChI=1S/C15H19N3O2/c1-3-17-6-8-18(9-7-17)13-4-5-14(15(19)20-2)12(10-13)11-16/h4-5,10H,3,6-9H2,1-2H3. The number of likely N-dealkylation sites (N-methyl/N-ethyl adjacent to an activating group) is 1. The van der Waals surface area contributed by atoms with E-state index in [4.69, 9.17) is 0 Å². The van der Waals surface area contributed by atoms with Crippen LogP contribution < -0.4 is 4.90 Å². The lowest BCUT2D eigenvalue weighted by molar-refractivity contribution is 0.0600. The highest BCUT2D eigenvalue weighted by molar-refractivity contribution is 5.92. The Balaban J connectivity index is 2.18. The summed E-state index contributed by atoms with van der Waals surface area (Å²) in [5, 5.41) is 9.18. The van der Waals surface area contributed by atoms with Gasteiger partial charge in [0.15, 0.2) is 0 Å². The number of carbonyl (C=O) groups is 1. The van der Waals surface area contributed by atoms with E-state index in [9.17, 15) is 10.1 Å². The molecular weight excluding hydrogens is 254 g/mol. The minimum atomic E-state index is -0.469. The normalized spacial score (nSPS) is 15.8. The predicted molar refractivity (Wildman–Crippen MR) is 76.8 cm³/mol. The van der Waals surface area contributed by atoms with Gasteiger partial charge in [-0.3, -0.25) is 0 Å². The van der Waals surface area contributed by atoms with Gasteiger partial charge in [0, 0.05) is 31.9 Å². The number of anilines is 1. The van der Waals surface area contributed by atoms with Crippen LogP contribution >= 0.6 is 0 Å². The molecule has 1 aliphatic rings. The van der Waals surface area contributed by atoms with Gasteiger partial charge in [-0.15, -0.1) is 0 Å². The maximum Gasteiger partial charge on any atom is 0.339 e. The van der Waals surface area contributed by atoms with Crippen LogP contribution in [0.4, 0.5) is 5.69 Å². The van der Waals surface area contributed by atoms with Gasteiger partial charge in [0.25, 0.3) is 0 Å². The second-order valence-corrected chi connectivity index (χ2v) is 4.75. The first kappa shape index (κ1) is 14.4.